The van der Waals surface area contributed by atoms with Crippen molar-refractivity contribution in [3.05, 3.63) is 62.8 Å². The van der Waals surface area contributed by atoms with E-state index in [1.165, 1.54) is 12.1 Å². The second-order valence-corrected chi connectivity index (χ2v) is 5.98. The third-order valence-corrected chi connectivity index (χ3v) is 3.93. The zero-order chi connectivity index (χ0) is 17.0. The fraction of sp³-hybridized carbons (Fsp3) is 0.125. The Morgan fingerprint density at radius 1 is 1.30 bits per heavy atom. The number of anilines is 1. The van der Waals surface area contributed by atoms with Crippen molar-refractivity contribution < 1.29 is 18.7 Å². The molecule has 23 heavy (non-hydrogen) atoms. The monoisotopic (exact) mass is 399 g/mol. The van der Waals surface area contributed by atoms with E-state index in [9.17, 15) is 14.0 Å². The molecular weight excluding hydrogens is 389 g/mol. The highest BCUT2D eigenvalue weighted by molar-refractivity contribution is 9.10. The largest absolute Gasteiger partial charge is 0.452 e. The maximum absolute atomic E-state index is 13.6. The lowest BCUT2D eigenvalue weighted by Gasteiger charge is -2.10. The molecule has 2 rings (SSSR count). The van der Waals surface area contributed by atoms with E-state index in [-0.39, 0.29) is 5.56 Å². The SMILES string of the molecule is Cc1c(Cl)cccc1NC(=O)COC(=O)c1ccc(Br)cc1F. The maximum atomic E-state index is 13.6. The molecule has 0 unspecified atom stereocenters. The summed E-state index contributed by atoms with van der Waals surface area (Å²) < 4.78 is 18.9. The Labute approximate surface area is 145 Å². The zero-order valence-corrected chi connectivity index (χ0v) is 14.4. The van der Waals surface area contributed by atoms with Crippen molar-refractivity contribution in [1.29, 1.82) is 0 Å². The van der Waals surface area contributed by atoms with Crippen molar-refractivity contribution in [2.45, 2.75) is 6.92 Å². The van der Waals surface area contributed by atoms with Gasteiger partial charge in [-0.25, -0.2) is 9.18 Å². The number of hydrogen-bond acceptors (Lipinski definition) is 3. The smallest absolute Gasteiger partial charge is 0.341 e. The van der Waals surface area contributed by atoms with E-state index < -0.39 is 24.3 Å². The van der Waals surface area contributed by atoms with Crippen LogP contribution in [-0.2, 0) is 9.53 Å². The van der Waals surface area contributed by atoms with E-state index in [0.717, 1.165) is 6.07 Å². The van der Waals surface area contributed by atoms with Gasteiger partial charge in [0, 0.05) is 15.2 Å². The lowest BCUT2D eigenvalue weighted by molar-refractivity contribution is -0.119. The number of nitrogens with one attached hydrogen (secondary N) is 1. The van der Waals surface area contributed by atoms with Gasteiger partial charge in [0.15, 0.2) is 6.61 Å². The second kappa shape index (κ2) is 7.57. The van der Waals surface area contributed by atoms with E-state index >= 15 is 0 Å². The van der Waals surface area contributed by atoms with E-state index in [2.05, 4.69) is 21.2 Å². The summed E-state index contributed by atoms with van der Waals surface area (Å²) in [5.41, 5.74) is 0.987. The fourth-order valence-corrected chi connectivity index (χ4v) is 2.30. The first-order valence-corrected chi connectivity index (χ1v) is 7.72. The zero-order valence-electron chi connectivity index (χ0n) is 12.0. The predicted octanol–water partition coefficient (Wildman–Crippen LogP) is 4.35. The van der Waals surface area contributed by atoms with Crippen LogP contribution in [0.2, 0.25) is 5.02 Å². The number of carbonyl (C=O) groups is 2. The molecule has 0 aliphatic rings. The van der Waals surface area contributed by atoms with Gasteiger partial charge in [-0.3, -0.25) is 4.79 Å². The number of esters is 1. The van der Waals surface area contributed by atoms with Crippen LogP contribution >= 0.6 is 27.5 Å². The van der Waals surface area contributed by atoms with Crippen LogP contribution in [-0.4, -0.2) is 18.5 Å². The van der Waals surface area contributed by atoms with Gasteiger partial charge in [0.2, 0.25) is 0 Å². The molecule has 2 aromatic carbocycles. The first-order valence-electron chi connectivity index (χ1n) is 6.55. The molecule has 0 aromatic heterocycles. The second-order valence-electron chi connectivity index (χ2n) is 4.66. The topological polar surface area (TPSA) is 55.4 Å². The van der Waals surface area contributed by atoms with Gasteiger partial charge in [0.1, 0.15) is 5.82 Å². The minimum absolute atomic E-state index is 0.236. The number of halogens is 3. The molecule has 0 bridgehead atoms. The molecule has 0 heterocycles. The molecule has 2 aromatic rings. The van der Waals surface area contributed by atoms with Crippen molar-refractivity contribution in [1.82, 2.24) is 0 Å². The lowest BCUT2D eigenvalue weighted by atomic mass is 10.2. The molecule has 1 amide bonds. The third-order valence-electron chi connectivity index (χ3n) is 3.03. The van der Waals surface area contributed by atoms with Crippen LogP contribution in [0.4, 0.5) is 10.1 Å². The molecule has 0 atom stereocenters. The lowest BCUT2D eigenvalue weighted by Crippen LogP contribution is -2.21. The first-order chi connectivity index (χ1) is 10.9. The van der Waals surface area contributed by atoms with Crippen LogP contribution in [0.25, 0.3) is 0 Å². The minimum Gasteiger partial charge on any atom is -0.452 e. The Kier molecular flexibility index (Phi) is 5.74. The summed E-state index contributed by atoms with van der Waals surface area (Å²) in [6.07, 6.45) is 0. The highest BCUT2D eigenvalue weighted by atomic mass is 79.9. The Morgan fingerprint density at radius 3 is 2.74 bits per heavy atom. The normalized spacial score (nSPS) is 10.3. The number of rotatable bonds is 4. The Hall–Kier alpha value is -1.92. The van der Waals surface area contributed by atoms with Crippen molar-refractivity contribution >= 4 is 45.1 Å². The summed E-state index contributed by atoms with van der Waals surface area (Å²) in [6.45, 7) is 1.22. The van der Waals surface area contributed by atoms with Crippen molar-refractivity contribution in [3.8, 4) is 0 Å². The van der Waals surface area contributed by atoms with Gasteiger partial charge in [0.25, 0.3) is 5.91 Å². The fourth-order valence-electron chi connectivity index (χ4n) is 1.79. The molecule has 0 aliphatic carbocycles. The van der Waals surface area contributed by atoms with Crippen LogP contribution < -0.4 is 5.32 Å². The van der Waals surface area contributed by atoms with Gasteiger partial charge in [0.05, 0.1) is 5.56 Å². The third kappa shape index (κ3) is 4.53. The quantitative estimate of drug-likeness (QED) is 0.777. The van der Waals surface area contributed by atoms with Crippen molar-refractivity contribution in [3.63, 3.8) is 0 Å². The molecule has 120 valence electrons. The van der Waals surface area contributed by atoms with Crippen LogP contribution in [0.1, 0.15) is 15.9 Å². The molecule has 7 heteroatoms. The summed E-state index contributed by atoms with van der Waals surface area (Å²) >= 11 is 9.04. The van der Waals surface area contributed by atoms with Crippen molar-refractivity contribution in [2.75, 3.05) is 11.9 Å². The van der Waals surface area contributed by atoms with Gasteiger partial charge in [-0.15, -0.1) is 0 Å². The minimum atomic E-state index is -0.909. The highest BCUT2D eigenvalue weighted by Crippen LogP contribution is 2.22. The average molecular weight is 401 g/mol. The molecule has 0 radical (unpaired) electrons. The molecule has 0 spiro atoms. The summed E-state index contributed by atoms with van der Waals surface area (Å²) in [5.74, 6) is -2.18. The van der Waals surface area contributed by atoms with Gasteiger partial charge < -0.3 is 10.1 Å². The molecule has 0 aliphatic heterocycles. The predicted molar refractivity (Wildman–Crippen MR) is 89.2 cm³/mol. The summed E-state index contributed by atoms with van der Waals surface area (Å²) in [7, 11) is 0. The molecule has 1 N–H and O–H groups in total. The van der Waals surface area contributed by atoms with Gasteiger partial charge in [-0.1, -0.05) is 33.6 Å². The number of hydrogen-bond donors (Lipinski definition) is 1. The summed E-state index contributed by atoms with van der Waals surface area (Å²) in [4.78, 5) is 23.6. The number of amides is 1. The van der Waals surface area contributed by atoms with Crippen molar-refractivity contribution in [2.24, 2.45) is 0 Å². The number of carbonyl (C=O) groups excluding carboxylic acids is 2. The Morgan fingerprint density at radius 2 is 2.04 bits per heavy atom. The summed E-state index contributed by atoms with van der Waals surface area (Å²) in [5, 5.41) is 3.09. The first kappa shape index (κ1) is 17.4. The Bertz CT molecular complexity index is 767. The Balaban J connectivity index is 1.96. The van der Waals surface area contributed by atoms with E-state index in [0.29, 0.717) is 20.7 Å². The highest BCUT2D eigenvalue weighted by Gasteiger charge is 2.15. The van der Waals surface area contributed by atoms with E-state index in [4.69, 9.17) is 16.3 Å². The molecule has 0 saturated carbocycles. The molecular formula is C16H12BrClFNO3. The number of benzene rings is 2. The van der Waals surface area contributed by atoms with Crippen LogP contribution in [0, 0.1) is 12.7 Å². The molecule has 0 fully saturated rings. The maximum Gasteiger partial charge on any atom is 0.341 e. The molecule has 4 nitrogen and oxygen atoms in total. The van der Waals surface area contributed by atoms with Gasteiger partial charge >= 0.3 is 5.97 Å². The van der Waals surface area contributed by atoms with E-state index in [1.54, 1.807) is 25.1 Å². The standard InChI is InChI=1S/C16H12BrClFNO3/c1-9-12(18)3-2-4-14(9)20-15(21)8-23-16(22)11-6-5-10(17)7-13(11)19/h2-7H,8H2,1H3,(H,20,21). The number of ether oxygens (including phenoxy) is 1. The van der Waals surface area contributed by atoms with Crippen LogP contribution in [0.3, 0.4) is 0 Å². The van der Waals surface area contributed by atoms with E-state index in [1.807, 2.05) is 0 Å². The van der Waals surface area contributed by atoms with Gasteiger partial charge in [-0.2, -0.15) is 0 Å². The van der Waals surface area contributed by atoms with Crippen LogP contribution in [0.5, 0.6) is 0 Å². The average Bonchev–Trinajstić information content (AvgIpc) is 2.49. The molecule has 0 saturated heterocycles. The summed E-state index contributed by atoms with van der Waals surface area (Å²) in [6, 6.07) is 8.99. The van der Waals surface area contributed by atoms with Gasteiger partial charge in [-0.05, 0) is 42.8 Å². The van der Waals surface area contributed by atoms with Crippen LogP contribution in [0.15, 0.2) is 40.9 Å².